The van der Waals surface area contributed by atoms with E-state index in [1.165, 1.54) is 5.56 Å². The quantitative estimate of drug-likeness (QED) is 0.298. The summed E-state index contributed by atoms with van der Waals surface area (Å²) in [5.41, 5.74) is 5.15. The van der Waals surface area contributed by atoms with Crippen LogP contribution < -0.4 is 16.0 Å². The molecule has 0 aliphatic heterocycles. The molecule has 0 saturated carbocycles. The Labute approximate surface area is 184 Å². The second-order valence-electron chi connectivity index (χ2n) is 6.88. The van der Waals surface area contributed by atoms with Crippen molar-refractivity contribution in [2.75, 3.05) is 23.7 Å². The van der Waals surface area contributed by atoms with Gasteiger partial charge >= 0.3 is 0 Å². The number of thiocarbonyl (C=S) groups is 1. The van der Waals surface area contributed by atoms with Gasteiger partial charge in [0.15, 0.2) is 5.11 Å². The lowest BCUT2D eigenvalue weighted by atomic mass is 10.1. The summed E-state index contributed by atoms with van der Waals surface area (Å²) in [5, 5.41) is 13.4. The van der Waals surface area contributed by atoms with Crippen molar-refractivity contribution in [3.05, 3.63) is 65.3 Å². The molecule has 30 heavy (non-hydrogen) atoms. The number of rotatable bonds is 6. The van der Waals surface area contributed by atoms with Gasteiger partial charge in [-0.05, 0) is 61.8 Å². The minimum atomic E-state index is 0.484. The first-order chi connectivity index (χ1) is 14.6. The lowest BCUT2D eigenvalue weighted by molar-refractivity contribution is 0.914. The first kappa shape index (κ1) is 20.2. The molecule has 8 heteroatoms. The lowest BCUT2D eigenvalue weighted by Crippen LogP contribution is -2.33. The predicted molar refractivity (Wildman–Crippen MR) is 129 cm³/mol. The Morgan fingerprint density at radius 1 is 1.07 bits per heavy atom. The van der Waals surface area contributed by atoms with Crippen LogP contribution in [0, 0.1) is 13.8 Å². The van der Waals surface area contributed by atoms with E-state index in [4.69, 9.17) is 12.2 Å². The third kappa shape index (κ3) is 4.90. The van der Waals surface area contributed by atoms with E-state index in [1.807, 2.05) is 30.5 Å². The molecule has 0 atom stereocenters. The Hall–Kier alpha value is -3.10. The zero-order valence-corrected chi connectivity index (χ0v) is 18.4. The van der Waals surface area contributed by atoms with E-state index < -0.39 is 0 Å². The molecular formula is C22H22N6S2. The highest BCUT2D eigenvalue weighted by Crippen LogP contribution is 2.24. The fraction of sp³-hybridized carbons (Fsp3) is 0.182. The molecule has 0 spiro atoms. The van der Waals surface area contributed by atoms with E-state index >= 15 is 0 Å². The molecule has 1 aromatic carbocycles. The largest absolute Gasteiger partial charge is 0.383 e. The molecule has 6 nitrogen and oxygen atoms in total. The number of benzene rings is 1. The smallest absolute Gasteiger partial charge is 0.229 e. The molecule has 0 aliphatic rings. The number of hydrogen-bond acceptors (Lipinski definition) is 6. The number of aryl methyl sites for hydroxylation is 2. The highest BCUT2D eigenvalue weighted by Gasteiger charge is 2.06. The topological polar surface area (TPSA) is 74.8 Å². The van der Waals surface area contributed by atoms with Gasteiger partial charge in [-0.3, -0.25) is 4.98 Å². The fourth-order valence-electron chi connectivity index (χ4n) is 3.12. The van der Waals surface area contributed by atoms with Crippen molar-refractivity contribution in [2.45, 2.75) is 13.8 Å². The summed E-state index contributed by atoms with van der Waals surface area (Å²) in [6.45, 7) is 5.46. The number of fused-ring (bicyclic) bond motifs is 1. The van der Waals surface area contributed by atoms with E-state index in [0.717, 1.165) is 32.9 Å². The predicted octanol–water partition coefficient (Wildman–Crippen LogP) is 4.77. The third-order valence-corrected chi connectivity index (χ3v) is 5.61. The summed E-state index contributed by atoms with van der Waals surface area (Å²) >= 11 is 7.03. The summed E-state index contributed by atoms with van der Waals surface area (Å²) in [6.07, 6.45) is 1.73. The zero-order chi connectivity index (χ0) is 20.9. The van der Waals surface area contributed by atoms with Crippen LogP contribution in [0.5, 0.6) is 0 Å². The maximum atomic E-state index is 5.39. The van der Waals surface area contributed by atoms with E-state index in [2.05, 4.69) is 62.1 Å². The fourth-order valence-corrected chi connectivity index (χ4v) is 4.01. The Morgan fingerprint density at radius 2 is 1.97 bits per heavy atom. The first-order valence-electron chi connectivity index (χ1n) is 9.62. The van der Waals surface area contributed by atoms with Crippen molar-refractivity contribution in [3.8, 4) is 10.6 Å². The summed E-state index contributed by atoms with van der Waals surface area (Å²) in [7, 11) is 0. The minimum absolute atomic E-state index is 0.484. The normalized spacial score (nSPS) is 10.7. The number of nitrogens with zero attached hydrogens (tertiary/aromatic N) is 3. The van der Waals surface area contributed by atoms with Gasteiger partial charge < -0.3 is 16.0 Å². The Balaban J connectivity index is 1.32. The molecule has 0 saturated heterocycles. The second-order valence-corrected chi connectivity index (χ2v) is 8.24. The number of aromatic nitrogens is 3. The summed E-state index contributed by atoms with van der Waals surface area (Å²) in [4.78, 5) is 14.5. The first-order valence-corrected chi connectivity index (χ1v) is 10.9. The SMILES string of the molecule is Cc1ccc2nc(C)cc(NCCNC(=S)Nc3nccc(-c4cccs4)n3)c2c1. The van der Waals surface area contributed by atoms with E-state index in [1.54, 1.807) is 17.5 Å². The van der Waals surface area contributed by atoms with Crippen LogP contribution in [0.25, 0.3) is 21.5 Å². The Morgan fingerprint density at radius 3 is 2.80 bits per heavy atom. The zero-order valence-electron chi connectivity index (χ0n) is 16.8. The Bertz CT molecular complexity index is 1170. The second kappa shape index (κ2) is 9.15. The number of thiophene rings is 1. The van der Waals surface area contributed by atoms with Crippen LogP contribution in [0.3, 0.4) is 0 Å². The van der Waals surface area contributed by atoms with Gasteiger partial charge in [-0.15, -0.1) is 11.3 Å². The lowest BCUT2D eigenvalue weighted by Gasteiger charge is -2.13. The third-order valence-electron chi connectivity index (χ3n) is 4.47. The van der Waals surface area contributed by atoms with Crippen LogP contribution in [-0.4, -0.2) is 33.2 Å². The molecule has 0 aliphatic carbocycles. The molecule has 0 fully saturated rings. The van der Waals surface area contributed by atoms with Crippen LogP contribution in [-0.2, 0) is 0 Å². The Kier molecular flexibility index (Phi) is 6.15. The van der Waals surface area contributed by atoms with Crippen LogP contribution in [0.1, 0.15) is 11.3 Å². The van der Waals surface area contributed by atoms with E-state index in [9.17, 15) is 0 Å². The van der Waals surface area contributed by atoms with Gasteiger partial charge in [0.2, 0.25) is 5.95 Å². The van der Waals surface area contributed by atoms with Crippen molar-refractivity contribution in [3.63, 3.8) is 0 Å². The molecule has 4 rings (SSSR count). The van der Waals surface area contributed by atoms with Gasteiger partial charge in [-0.1, -0.05) is 17.7 Å². The average molecular weight is 435 g/mol. The molecular weight excluding hydrogens is 412 g/mol. The summed E-state index contributed by atoms with van der Waals surface area (Å²) < 4.78 is 0. The molecule has 3 aromatic heterocycles. The van der Waals surface area contributed by atoms with Gasteiger partial charge in [-0.2, -0.15) is 0 Å². The van der Waals surface area contributed by atoms with Crippen molar-refractivity contribution in [2.24, 2.45) is 0 Å². The van der Waals surface area contributed by atoms with Crippen LogP contribution >= 0.6 is 23.6 Å². The van der Waals surface area contributed by atoms with Crippen molar-refractivity contribution in [1.82, 2.24) is 20.3 Å². The highest BCUT2D eigenvalue weighted by atomic mass is 32.1. The molecule has 0 amide bonds. The molecule has 0 unspecified atom stereocenters. The number of hydrogen-bond donors (Lipinski definition) is 3. The number of nitrogens with one attached hydrogen (secondary N) is 3. The standard InChI is InChI=1S/C22H22N6S2/c1-14-5-6-17-16(12-14)19(13-15(2)26-17)23-9-10-25-22(29)28-21-24-8-7-18(27-21)20-4-3-11-30-20/h3-8,11-13H,9-10H2,1-2H3,(H,23,26)(H2,24,25,27,28,29). The van der Waals surface area contributed by atoms with Gasteiger partial charge in [0.25, 0.3) is 0 Å². The monoisotopic (exact) mass is 434 g/mol. The van der Waals surface area contributed by atoms with Gasteiger partial charge in [-0.25, -0.2) is 9.97 Å². The van der Waals surface area contributed by atoms with Gasteiger partial charge in [0, 0.05) is 36.1 Å². The van der Waals surface area contributed by atoms with Crippen molar-refractivity contribution in [1.29, 1.82) is 0 Å². The number of pyridine rings is 1. The minimum Gasteiger partial charge on any atom is -0.383 e. The molecule has 4 aromatic rings. The molecule has 0 radical (unpaired) electrons. The summed E-state index contributed by atoms with van der Waals surface area (Å²) in [6, 6.07) is 14.3. The average Bonchev–Trinajstić information content (AvgIpc) is 3.27. The van der Waals surface area contributed by atoms with Crippen LogP contribution in [0.2, 0.25) is 0 Å². The van der Waals surface area contributed by atoms with Crippen molar-refractivity contribution >= 4 is 51.2 Å². The maximum absolute atomic E-state index is 5.39. The van der Waals surface area contributed by atoms with Crippen LogP contribution in [0.4, 0.5) is 11.6 Å². The van der Waals surface area contributed by atoms with Crippen molar-refractivity contribution < 1.29 is 0 Å². The highest BCUT2D eigenvalue weighted by molar-refractivity contribution is 7.80. The molecule has 0 bridgehead atoms. The van der Waals surface area contributed by atoms with Crippen LogP contribution in [0.15, 0.2) is 54.0 Å². The molecule has 3 heterocycles. The van der Waals surface area contributed by atoms with Gasteiger partial charge in [0.1, 0.15) is 0 Å². The number of anilines is 2. The summed E-state index contributed by atoms with van der Waals surface area (Å²) in [5.74, 6) is 0.484. The van der Waals surface area contributed by atoms with E-state index in [0.29, 0.717) is 24.2 Å². The molecule has 3 N–H and O–H groups in total. The maximum Gasteiger partial charge on any atom is 0.229 e. The van der Waals surface area contributed by atoms with Gasteiger partial charge in [0.05, 0.1) is 16.1 Å². The molecule has 152 valence electrons. The van der Waals surface area contributed by atoms with E-state index in [-0.39, 0.29) is 0 Å².